The Hall–Kier alpha value is -2.48. The summed E-state index contributed by atoms with van der Waals surface area (Å²) in [6.07, 6.45) is 3.42. The average molecular weight is 392 g/mol. The molecule has 3 rings (SSSR count). The minimum Gasteiger partial charge on any atom is -0.304 e. The zero-order chi connectivity index (χ0) is 17.1. The van der Waals surface area contributed by atoms with Gasteiger partial charge < -0.3 is 5.32 Å². The van der Waals surface area contributed by atoms with Crippen molar-refractivity contribution in [2.75, 3.05) is 5.32 Å². The van der Waals surface area contributed by atoms with Crippen molar-refractivity contribution >= 4 is 27.7 Å². The molecule has 3 aromatic rings. The lowest BCUT2D eigenvalue weighted by Gasteiger charge is -2.03. The molecule has 0 atom stereocenters. The number of carbonyl (C=O) groups excluding carboxylic acids is 1. The quantitative estimate of drug-likeness (QED) is 0.725. The number of amides is 1. The Labute approximate surface area is 146 Å². The van der Waals surface area contributed by atoms with Crippen LogP contribution in [-0.2, 0) is 13.1 Å². The Balaban J connectivity index is 1.70. The predicted molar refractivity (Wildman–Crippen MR) is 91.3 cm³/mol. The van der Waals surface area contributed by atoms with Crippen LogP contribution in [0.4, 0.5) is 10.2 Å². The maximum absolute atomic E-state index is 13.7. The van der Waals surface area contributed by atoms with Crippen LogP contribution in [0.5, 0.6) is 0 Å². The van der Waals surface area contributed by atoms with Gasteiger partial charge in [-0.2, -0.15) is 10.2 Å². The van der Waals surface area contributed by atoms with E-state index in [-0.39, 0.29) is 18.3 Å². The second-order valence-electron chi connectivity index (χ2n) is 5.13. The van der Waals surface area contributed by atoms with Gasteiger partial charge in [0.25, 0.3) is 5.91 Å². The number of benzene rings is 1. The summed E-state index contributed by atoms with van der Waals surface area (Å²) in [6.45, 7) is 2.89. The highest BCUT2D eigenvalue weighted by Crippen LogP contribution is 2.17. The molecule has 2 heterocycles. The summed E-state index contributed by atoms with van der Waals surface area (Å²) in [6, 6.07) is 8.17. The van der Waals surface area contributed by atoms with Crippen molar-refractivity contribution in [1.82, 2.24) is 19.6 Å². The van der Waals surface area contributed by atoms with Crippen molar-refractivity contribution in [1.29, 1.82) is 0 Å². The molecule has 8 heteroatoms. The fourth-order valence-corrected chi connectivity index (χ4v) is 2.70. The molecular weight excluding hydrogens is 377 g/mol. The largest absolute Gasteiger partial charge is 0.304 e. The van der Waals surface area contributed by atoms with Gasteiger partial charge in [0.05, 0.1) is 11.0 Å². The highest BCUT2D eigenvalue weighted by molar-refractivity contribution is 9.10. The summed E-state index contributed by atoms with van der Waals surface area (Å²) in [7, 11) is 0. The van der Waals surface area contributed by atoms with Crippen LogP contribution in [0.1, 0.15) is 23.0 Å². The van der Waals surface area contributed by atoms with Crippen LogP contribution in [0, 0.1) is 5.82 Å². The second-order valence-corrected chi connectivity index (χ2v) is 5.98. The number of nitrogens with one attached hydrogen (secondary N) is 1. The molecular formula is C16H15BrFN5O. The molecule has 0 radical (unpaired) electrons. The number of carbonyl (C=O) groups is 1. The molecule has 0 aliphatic rings. The SMILES string of the molecule is CCn1cc(Br)c(C(=O)Nc2ccn(Cc3ccccc3F)n2)n1. The lowest BCUT2D eigenvalue weighted by molar-refractivity contribution is 0.102. The molecule has 0 aliphatic carbocycles. The van der Waals surface area contributed by atoms with Crippen molar-refractivity contribution in [3.05, 3.63) is 64.3 Å². The Bertz CT molecular complexity index is 873. The molecule has 0 saturated carbocycles. The molecule has 0 aliphatic heterocycles. The van der Waals surface area contributed by atoms with Gasteiger partial charge in [0, 0.05) is 30.6 Å². The number of nitrogens with zero attached hydrogens (tertiary/aromatic N) is 4. The van der Waals surface area contributed by atoms with Crippen molar-refractivity contribution in [3.63, 3.8) is 0 Å². The minimum absolute atomic E-state index is 0.285. The summed E-state index contributed by atoms with van der Waals surface area (Å²) in [5.74, 6) is -0.257. The van der Waals surface area contributed by atoms with Crippen LogP contribution in [0.15, 0.2) is 47.2 Å². The van der Waals surface area contributed by atoms with E-state index < -0.39 is 0 Å². The zero-order valence-corrected chi connectivity index (χ0v) is 14.5. The van der Waals surface area contributed by atoms with Crippen molar-refractivity contribution in [3.8, 4) is 0 Å². The third kappa shape index (κ3) is 3.53. The second kappa shape index (κ2) is 6.96. The smallest absolute Gasteiger partial charge is 0.278 e. The van der Waals surface area contributed by atoms with Gasteiger partial charge in [0.1, 0.15) is 5.82 Å². The fraction of sp³-hybridized carbons (Fsp3) is 0.188. The molecule has 0 fully saturated rings. The number of halogens is 2. The Morgan fingerprint density at radius 1 is 1.25 bits per heavy atom. The van der Waals surface area contributed by atoms with Crippen LogP contribution in [-0.4, -0.2) is 25.5 Å². The number of rotatable bonds is 5. The zero-order valence-electron chi connectivity index (χ0n) is 12.9. The standard InChI is InChI=1S/C16H15BrFN5O/c1-2-22-10-12(17)15(21-22)16(24)19-14-7-8-23(20-14)9-11-5-3-4-6-13(11)18/h3-8,10H,2,9H2,1H3,(H,19,20,24). The first-order valence-electron chi connectivity index (χ1n) is 7.38. The molecule has 6 nitrogen and oxygen atoms in total. The van der Waals surface area contributed by atoms with Gasteiger partial charge in [-0.25, -0.2) is 4.39 Å². The molecule has 24 heavy (non-hydrogen) atoms. The molecule has 2 aromatic heterocycles. The maximum Gasteiger partial charge on any atom is 0.278 e. The molecule has 1 amide bonds. The van der Waals surface area contributed by atoms with Crippen LogP contribution in [0.25, 0.3) is 0 Å². The van der Waals surface area contributed by atoms with Gasteiger partial charge in [-0.3, -0.25) is 14.2 Å². The number of hydrogen-bond acceptors (Lipinski definition) is 3. The van der Waals surface area contributed by atoms with Crippen LogP contribution in [0.3, 0.4) is 0 Å². The van der Waals surface area contributed by atoms with Crippen LogP contribution in [0.2, 0.25) is 0 Å². The molecule has 0 bridgehead atoms. The Morgan fingerprint density at radius 3 is 2.75 bits per heavy atom. The van der Waals surface area contributed by atoms with E-state index in [4.69, 9.17) is 0 Å². The van der Waals surface area contributed by atoms with Gasteiger partial charge in [0.15, 0.2) is 11.5 Å². The number of hydrogen-bond donors (Lipinski definition) is 1. The van der Waals surface area contributed by atoms with E-state index in [0.29, 0.717) is 28.1 Å². The Morgan fingerprint density at radius 2 is 2.04 bits per heavy atom. The third-order valence-electron chi connectivity index (χ3n) is 3.43. The summed E-state index contributed by atoms with van der Waals surface area (Å²) < 4.78 is 17.5. The van der Waals surface area contributed by atoms with Crippen LogP contribution >= 0.6 is 15.9 Å². The maximum atomic E-state index is 13.7. The molecule has 0 saturated heterocycles. The van der Waals surface area contributed by atoms with Crippen molar-refractivity contribution < 1.29 is 9.18 Å². The number of anilines is 1. The lowest BCUT2D eigenvalue weighted by Crippen LogP contribution is -2.14. The van der Waals surface area contributed by atoms with Gasteiger partial charge in [-0.15, -0.1) is 0 Å². The molecule has 1 N–H and O–H groups in total. The number of aromatic nitrogens is 4. The van der Waals surface area contributed by atoms with E-state index in [0.717, 1.165) is 0 Å². The topological polar surface area (TPSA) is 64.7 Å². The van der Waals surface area contributed by atoms with E-state index in [1.165, 1.54) is 6.07 Å². The molecule has 0 spiro atoms. The summed E-state index contributed by atoms with van der Waals surface area (Å²) in [5, 5.41) is 11.1. The summed E-state index contributed by atoms with van der Waals surface area (Å²) in [5.41, 5.74) is 0.823. The van der Waals surface area contributed by atoms with Gasteiger partial charge >= 0.3 is 0 Å². The van der Waals surface area contributed by atoms with Gasteiger partial charge in [0.2, 0.25) is 0 Å². The predicted octanol–water partition coefficient (Wildman–Crippen LogP) is 3.30. The van der Waals surface area contributed by atoms with E-state index in [1.54, 1.807) is 46.0 Å². The van der Waals surface area contributed by atoms with E-state index in [1.807, 2.05) is 6.92 Å². The highest BCUT2D eigenvalue weighted by atomic mass is 79.9. The molecule has 1 aromatic carbocycles. The molecule has 124 valence electrons. The normalized spacial score (nSPS) is 10.8. The first-order valence-corrected chi connectivity index (χ1v) is 8.17. The monoisotopic (exact) mass is 391 g/mol. The third-order valence-corrected chi connectivity index (χ3v) is 4.01. The highest BCUT2D eigenvalue weighted by Gasteiger charge is 2.16. The molecule has 0 unspecified atom stereocenters. The van der Waals surface area contributed by atoms with Gasteiger partial charge in [-0.1, -0.05) is 18.2 Å². The van der Waals surface area contributed by atoms with Gasteiger partial charge in [-0.05, 0) is 28.9 Å². The first-order chi connectivity index (χ1) is 11.6. The average Bonchev–Trinajstić information content (AvgIpc) is 3.16. The van der Waals surface area contributed by atoms with E-state index in [2.05, 4.69) is 31.4 Å². The number of aryl methyl sites for hydroxylation is 1. The first kappa shape index (κ1) is 16.4. The summed E-state index contributed by atoms with van der Waals surface area (Å²) >= 11 is 3.32. The minimum atomic E-state index is -0.356. The Kier molecular flexibility index (Phi) is 4.75. The van der Waals surface area contributed by atoms with Crippen molar-refractivity contribution in [2.45, 2.75) is 20.0 Å². The van der Waals surface area contributed by atoms with Crippen LogP contribution < -0.4 is 5.32 Å². The fourth-order valence-electron chi connectivity index (χ4n) is 2.21. The van der Waals surface area contributed by atoms with Crippen molar-refractivity contribution in [2.24, 2.45) is 0 Å². The van der Waals surface area contributed by atoms with E-state index in [9.17, 15) is 9.18 Å². The summed E-state index contributed by atoms with van der Waals surface area (Å²) in [4.78, 5) is 12.3. The van der Waals surface area contributed by atoms with E-state index >= 15 is 0 Å². The lowest BCUT2D eigenvalue weighted by atomic mass is 10.2.